The van der Waals surface area contributed by atoms with Gasteiger partial charge in [0.15, 0.2) is 0 Å². The summed E-state index contributed by atoms with van der Waals surface area (Å²) in [4.78, 5) is 11.3. The second-order valence-electron chi connectivity index (χ2n) is 3.80. The minimum atomic E-state index is -1.19. The van der Waals surface area contributed by atoms with E-state index in [0.717, 1.165) is 0 Å². The Balaban J connectivity index is 3.15. The molecule has 0 aliphatic rings. The molecule has 17 heavy (non-hydrogen) atoms. The first-order valence-electron chi connectivity index (χ1n) is 4.86. The highest BCUT2D eigenvalue weighted by atomic mass is 79.9. The van der Waals surface area contributed by atoms with E-state index in [2.05, 4.69) is 21.2 Å². The number of hydrogen-bond acceptors (Lipinski definition) is 2. The Bertz CT molecular complexity index is 430. The van der Waals surface area contributed by atoms with Gasteiger partial charge in [0, 0.05) is 10.0 Å². The van der Waals surface area contributed by atoms with Gasteiger partial charge in [-0.05, 0) is 25.1 Å². The number of hydrogen-bond donors (Lipinski definition) is 2. The van der Waals surface area contributed by atoms with E-state index >= 15 is 0 Å². The van der Waals surface area contributed by atoms with Crippen LogP contribution < -0.4 is 5.32 Å². The number of nitrogens with one attached hydrogen (secondary N) is 1. The standard InChI is InChI=1S/C11H12BrClFNO2/c1-11(6-16,15-10(17)5-13)8-4-7(12)2-3-9(8)14/h2-4,16H,5-6H2,1H3,(H,15,17)/t11-/m1/s1. The van der Waals surface area contributed by atoms with E-state index in [1.54, 1.807) is 6.07 Å². The summed E-state index contributed by atoms with van der Waals surface area (Å²) in [6, 6.07) is 4.32. The van der Waals surface area contributed by atoms with E-state index in [1.165, 1.54) is 19.1 Å². The van der Waals surface area contributed by atoms with Crippen LogP contribution in [0.25, 0.3) is 0 Å². The molecule has 0 saturated heterocycles. The van der Waals surface area contributed by atoms with Crippen LogP contribution in [0.3, 0.4) is 0 Å². The van der Waals surface area contributed by atoms with Gasteiger partial charge < -0.3 is 10.4 Å². The summed E-state index contributed by atoms with van der Waals surface area (Å²) in [5, 5.41) is 11.9. The number of halogens is 3. The molecular weight excluding hydrogens is 312 g/mol. The lowest BCUT2D eigenvalue weighted by Crippen LogP contribution is -2.47. The molecule has 0 radical (unpaired) electrons. The van der Waals surface area contributed by atoms with Crippen molar-refractivity contribution in [1.82, 2.24) is 5.32 Å². The maximum Gasteiger partial charge on any atom is 0.235 e. The molecule has 0 unspecified atom stereocenters. The molecule has 0 saturated carbocycles. The Morgan fingerprint density at radius 2 is 2.29 bits per heavy atom. The molecule has 1 rings (SSSR count). The molecular formula is C11H12BrClFNO2. The summed E-state index contributed by atoms with van der Waals surface area (Å²) in [5.74, 6) is -1.22. The molecule has 0 heterocycles. The van der Waals surface area contributed by atoms with Gasteiger partial charge in [-0.25, -0.2) is 4.39 Å². The van der Waals surface area contributed by atoms with E-state index in [4.69, 9.17) is 11.6 Å². The lowest BCUT2D eigenvalue weighted by atomic mass is 9.92. The van der Waals surface area contributed by atoms with Crippen LogP contribution in [0.1, 0.15) is 12.5 Å². The van der Waals surface area contributed by atoms with E-state index in [9.17, 15) is 14.3 Å². The summed E-state index contributed by atoms with van der Waals surface area (Å²) in [7, 11) is 0. The zero-order chi connectivity index (χ0) is 13.1. The predicted molar refractivity (Wildman–Crippen MR) is 67.4 cm³/mol. The number of alkyl halides is 1. The molecule has 0 aliphatic carbocycles. The monoisotopic (exact) mass is 323 g/mol. The third kappa shape index (κ3) is 3.40. The number of amides is 1. The van der Waals surface area contributed by atoms with Crippen LogP contribution in [0.2, 0.25) is 0 Å². The van der Waals surface area contributed by atoms with Crippen molar-refractivity contribution in [2.24, 2.45) is 0 Å². The normalized spacial score (nSPS) is 14.2. The quantitative estimate of drug-likeness (QED) is 0.834. The predicted octanol–water partition coefficient (Wildman–Crippen LogP) is 2.15. The van der Waals surface area contributed by atoms with Crippen molar-refractivity contribution in [3.8, 4) is 0 Å². The van der Waals surface area contributed by atoms with Gasteiger partial charge in [-0.15, -0.1) is 11.6 Å². The molecule has 2 N–H and O–H groups in total. The van der Waals surface area contributed by atoms with Gasteiger partial charge in [0.2, 0.25) is 5.91 Å². The van der Waals surface area contributed by atoms with Crippen LogP contribution in [0.4, 0.5) is 4.39 Å². The topological polar surface area (TPSA) is 49.3 Å². The van der Waals surface area contributed by atoms with Crippen LogP contribution in [0.5, 0.6) is 0 Å². The van der Waals surface area contributed by atoms with Crippen molar-refractivity contribution >= 4 is 33.4 Å². The first kappa shape index (κ1) is 14.4. The Hall–Kier alpha value is -0.650. The van der Waals surface area contributed by atoms with Crippen molar-refractivity contribution < 1.29 is 14.3 Å². The van der Waals surface area contributed by atoms with Crippen LogP contribution in [-0.4, -0.2) is 23.5 Å². The van der Waals surface area contributed by atoms with Gasteiger partial charge in [0.25, 0.3) is 0 Å². The highest BCUT2D eigenvalue weighted by Gasteiger charge is 2.30. The average Bonchev–Trinajstić information content (AvgIpc) is 2.31. The molecule has 6 heteroatoms. The van der Waals surface area contributed by atoms with Gasteiger partial charge in [0.1, 0.15) is 11.7 Å². The van der Waals surface area contributed by atoms with Gasteiger partial charge in [-0.3, -0.25) is 4.79 Å². The Morgan fingerprint density at radius 3 is 2.82 bits per heavy atom. The van der Waals surface area contributed by atoms with E-state index in [0.29, 0.717) is 4.47 Å². The number of aliphatic hydroxyl groups excluding tert-OH is 1. The summed E-state index contributed by atoms with van der Waals surface area (Å²) in [5.41, 5.74) is -0.993. The average molecular weight is 325 g/mol. The lowest BCUT2D eigenvalue weighted by Gasteiger charge is -2.29. The largest absolute Gasteiger partial charge is 0.394 e. The maximum absolute atomic E-state index is 13.7. The van der Waals surface area contributed by atoms with Crippen molar-refractivity contribution in [2.75, 3.05) is 12.5 Å². The van der Waals surface area contributed by atoms with E-state index in [1.807, 2.05) is 0 Å². The Labute approximate surface area is 112 Å². The zero-order valence-electron chi connectivity index (χ0n) is 9.14. The number of carbonyl (C=O) groups excluding carboxylic acids is 1. The molecule has 0 aromatic heterocycles. The maximum atomic E-state index is 13.7. The fraction of sp³-hybridized carbons (Fsp3) is 0.364. The molecule has 3 nitrogen and oxygen atoms in total. The minimum absolute atomic E-state index is 0.202. The first-order chi connectivity index (χ1) is 7.92. The first-order valence-corrected chi connectivity index (χ1v) is 6.19. The van der Waals surface area contributed by atoms with Gasteiger partial charge in [-0.2, -0.15) is 0 Å². The smallest absolute Gasteiger partial charge is 0.235 e. The third-order valence-corrected chi connectivity index (χ3v) is 3.11. The highest BCUT2D eigenvalue weighted by molar-refractivity contribution is 9.10. The molecule has 1 atom stereocenters. The molecule has 0 bridgehead atoms. The SMILES string of the molecule is C[C@](CO)(NC(=O)CCl)c1cc(Br)ccc1F. The molecule has 1 aromatic carbocycles. The third-order valence-electron chi connectivity index (χ3n) is 2.38. The van der Waals surface area contributed by atoms with Crippen LogP contribution in [-0.2, 0) is 10.3 Å². The molecule has 1 amide bonds. The second-order valence-corrected chi connectivity index (χ2v) is 4.98. The number of rotatable bonds is 4. The van der Waals surface area contributed by atoms with E-state index < -0.39 is 23.9 Å². The van der Waals surface area contributed by atoms with Crippen LogP contribution >= 0.6 is 27.5 Å². The van der Waals surface area contributed by atoms with Gasteiger partial charge in [0.05, 0.1) is 12.1 Å². The number of carbonyl (C=O) groups is 1. The van der Waals surface area contributed by atoms with Crippen molar-refractivity contribution in [3.63, 3.8) is 0 Å². The lowest BCUT2D eigenvalue weighted by molar-refractivity contribution is -0.121. The van der Waals surface area contributed by atoms with E-state index in [-0.39, 0.29) is 11.4 Å². The summed E-state index contributed by atoms with van der Waals surface area (Å²) < 4.78 is 14.4. The van der Waals surface area contributed by atoms with Crippen LogP contribution in [0, 0.1) is 5.82 Å². The molecule has 0 spiro atoms. The fourth-order valence-corrected chi connectivity index (χ4v) is 1.88. The molecule has 94 valence electrons. The fourth-order valence-electron chi connectivity index (χ4n) is 1.45. The Kier molecular flexibility index (Phi) is 4.91. The second kappa shape index (κ2) is 5.80. The zero-order valence-corrected chi connectivity index (χ0v) is 11.5. The van der Waals surface area contributed by atoms with Crippen molar-refractivity contribution in [1.29, 1.82) is 0 Å². The summed E-state index contributed by atoms with van der Waals surface area (Å²) in [6.07, 6.45) is 0. The Morgan fingerprint density at radius 1 is 1.65 bits per heavy atom. The number of aliphatic hydroxyl groups is 1. The van der Waals surface area contributed by atoms with Gasteiger partial charge >= 0.3 is 0 Å². The van der Waals surface area contributed by atoms with Crippen molar-refractivity contribution in [3.05, 3.63) is 34.1 Å². The summed E-state index contributed by atoms with van der Waals surface area (Å²) in [6.45, 7) is 1.10. The molecule has 0 fully saturated rings. The summed E-state index contributed by atoms with van der Waals surface area (Å²) >= 11 is 8.59. The highest BCUT2D eigenvalue weighted by Crippen LogP contribution is 2.26. The van der Waals surface area contributed by atoms with Crippen LogP contribution in [0.15, 0.2) is 22.7 Å². The molecule has 0 aliphatic heterocycles. The minimum Gasteiger partial charge on any atom is -0.394 e. The van der Waals surface area contributed by atoms with Gasteiger partial charge in [-0.1, -0.05) is 15.9 Å². The molecule has 1 aromatic rings. The van der Waals surface area contributed by atoms with Crippen molar-refractivity contribution in [2.45, 2.75) is 12.5 Å². The number of benzene rings is 1.